The van der Waals surface area contributed by atoms with Crippen molar-refractivity contribution in [3.8, 4) is 0 Å². The van der Waals surface area contributed by atoms with Crippen LogP contribution in [0.5, 0.6) is 0 Å². The van der Waals surface area contributed by atoms with Crippen molar-refractivity contribution < 1.29 is 0 Å². The molecule has 0 radical (unpaired) electrons. The van der Waals surface area contributed by atoms with Crippen molar-refractivity contribution in [1.82, 2.24) is 9.97 Å². The number of rotatable bonds is 10. The summed E-state index contributed by atoms with van der Waals surface area (Å²) in [6, 6.07) is 0. The van der Waals surface area contributed by atoms with Crippen LogP contribution in [0.1, 0.15) is 77.6 Å². The average Bonchev–Trinajstić information content (AvgIpc) is 2.52. The summed E-state index contributed by atoms with van der Waals surface area (Å²) in [5, 5.41) is 0. The zero-order valence-electron chi connectivity index (χ0n) is 14.4. The molecule has 1 heterocycles. The fourth-order valence-corrected chi connectivity index (χ4v) is 2.76. The van der Waals surface area contributed by atoms with Gasteiger partial charge in [-0.3, -0.25) is 0 Å². The van der Waals surface area contributed by atoms with Crippen molar-refractivity contribution in [3.63, 3.8) is 0 Å². The maximum absolute atomic E-state index is 4.55. The van der Waals surface area contributed by atoms with E-state index < -0.39 is 0 Å². The van der Waals surface area contributed by atoms with Crippen LogP contribution >= 0.6 is 0 Å². The fourth-order valence-electron chi connectivity index (χ4n) is 2.76. The summed E-state index contributed by atoms with van der Waals surface area (Å²) in [6.45, 7) is 8.96. The smallest absolute Gasteiger partial charge is 0.132 e. The molecule has 0 unspecified atom stereocenters. The van der Waals surface area contributed by atoms with Crippen molar-refractivity contribution in [2.24, 2.45) is 5.92 Å². The molecule has 0 aliphatic rings. The highest BCUT2D eigenvalue weighted by Crippen LogP contribution is 2.25. The quantitative estimate of drug-likeness (QED) is 0.529. The Morgan fingerprint density at radius 3 is 2.10 bits per heavy atom. The van der Waals surface area contributed by atoms with Gasteiger partial charge < -0.3 is 0 Å². The van der Waals surface area contributed by atoms with E-state index in [-0.39, 0.29) is 0 Å². The van der Waals surface area contributed by atoms with Gasteiger partial charge in [-0.1, -0.05) is 58.6 Å². The SMILES string of the molecule is CCC/C=C(/Cc1ncc(CC)cn1)C(CCC)CCC. The molecule has 0 spiro atoms. The van der Waals surface area contributed by atoms with Crippen LogP contribution < -0.4 is 0 Å². The first-order valence-electron chi connectivity index (χ1n) is 8.73. The van der Waals surface area contributed by atoms with E-state index in [4.69, 9.17) is 0 Å². The molecule has 0 bridgehead atoms. The van der Waals surface area contributed by atoms with Gasteiger partial charge in [0.15, 0.2) is 0 Å². The number of unbranched alkanes of at least 4 members (excludes halogenated alkanes) is 1. The number of aromatic nitrogens is 2. The second-order valence-electron chi connectivity index (χ2n) is 5.88. The van der Waals surface area contributed by atoms with Crippen LogP contribution in [0.25, 0.3) is 0 Å². The van der Waals surface area contributed by atoms with E-state index in [1.807, 2.05) is 12.4 Å². The molecule has 1 aromatic rings. The third kappa shape index (κ3) is 6.41. The Bertz CT molecular complexity index is 400. The lowest BCUT2D eigenvalue weighted by atomic mass is 9.87. The monoisotopic (exact) mass is 288 g/mol. The fraction of sp³-hybridized carbons (Fsp3) is 0.684. The van der Waals surface area contributed by atoms with E-state index in [2.05, 4.69) is 43.7 Å². The molecule has 0 aliphatic heterocycles. The summed E-state index contributed by atoms with van der Waals surface area (Å²) in [6.07, 6.45) is 15.8. The molecular weight excluding hydrogens is 256 g/mol. The summed E-state index contributed by atoms with van der Waals surface area (Å²) in [5.74, 6) is 1.69. The third-order valence-corrected chi connectivity index (χ3v) is 4.02. The third-order valence-electron chi connectivity index (χ3n) is 4.02. The topological polar surface area (TPSA) is 25.8 Å². The van der Waals surface area contributed by atoms with E-state index in [1.165, 1.54) is 44.1 Å². The van der Waals surface area contributed by atoms with Gasteiger partial charge in [0.05, 0.1) is 0 Å². The highest BCUT2D eigenvalue weighted by Gasteiger charge is 2.14. The van der Waals surface area contributed by atoms with Crippen LogP contribution in [0.2, 0.25) is 0 Å². The average molecular weight is 288 g/mol. The molecule has 0 atom stereocenters. The molecular formula is C19H32N2. The van der Waals surface area contributed by atoms with Crippen molar-refractivity contribution in [2.75, 3.05) is 0 Å². The Morgan fingerprint density at radius 2 is 1.62 bits per heavy atom. The van der Waals surface area contributed by atoms with Gasteiger partial charge in [-0.25, -0.2) is 9.97 Å². The largest absolute Gasteiger partial charge is 0.241 e. The van der Waals surface area contributed by atoms with Crippen LogP contribution in [0.4, 0.5) is 0 Å². The molecule has 1 aromatic heterocycles. The highest BCUT2D eigenvalue weighted by atomic mass is 14.9. The van der Waals surface area contributed by atoms with Crippen molar-refractivity contribution in [1.29, 1.82) is 0 Å². The van der Waals surface area contributed by atoms with Gasteiger partial charge >= 0.3 is 0 Å². The van der Waals surface area contributed by atoms with E-state index >= 15 is 0 Å². The Hall–Kier alpha value is -1.18. The molecule has 1 rings (SSSR count). The number of aryl methyl sites for hydroxylation is 1. The lowest BCUT2D eigenvalue weighted by Gasteiger charge is -2.19. The molecule has 0 aromatic carbocycles. The number of allylic oxidation sites excluding steroid dienone is 2. The number of nitrogens with zero attached hydrogens (tertiary/aromatic N) is 2. The Labute approximate surface area is 131 Å². The van der Waals surface area contributed by atoms with Crippen LogP contribution in [-0.4, -0.2) is 9.97 Å². The second-order valence-corrected chi connectivity index (χ2v) is 5.88. The first-order chi connectivity index (χ1) is 10.2. The molecule has 118 valence electrons. The molecule has 2 nitrogen and oxygen atoms in total. The first kappa shape index (κ1) is 17.9. The minimum Gasteiger partial charge on any atom is -0.241 e. The minimum atomic E-state index is 0.709. The predicted octanol–water partition coefficient (Wildman–Crippen LogP) is 5.52. The van der Waals surface area contributed by atoms with Gasteiger partial charge in [-0.2, -0.15) is 0 Å². The van der Waals surface area contributed by atoms with E-state index in [9.17, 15) is 0 Å². The molecule has 0 saturated carbocycles. The molecule has 0 amide bonds. The normalized spacial score (nSPS) is 12.1. The molecule has 0 saturated heterocycles. The molecule has 21 heavy (non-hydrogen) atoms. The predicted molar refractivity (Wildman–Crippen MR) is 91.4 cm³/mol. The number of hydrogen-bond donors (Lipinski definition) is 0. The Morgan fingerprint density at radius 1 is 1.00 bits per heavy atom. The van der Waals surface area contributed by atoms with Crippen LogP contribution in [0, 0.1) is 5.92 Å². The van der Waals surface area contributed by atoms with Crippen molar-refractivity contribution in [2.45, 2.75) is 79.1 Å². The van der Waals surface area contributed by atoms with Gasteiger partial charge in [0.1, 0.15) is 5.82 Å². The van der Waals surface area contributed by atoms with E-state index in [0.717, 1.165) is 18.7 Å². The van der Waals surface area contributed by atoms with Gasteiger partial charge in [-0.15, -0.1) is 0 Å². The van der Waals surface area contributed by atoms with Crippen LogP contribution in [0.3, 0.4) is 0 Å². The second kappa shape index (κ2) is 10.5. The minimum absolute atomic E-state index is 0.709. The zero-order chi connectivity index (χ0) is 15.5. The van der Waals surface area contributed by atoms with Crippen LogP contribution in [0.15, 0.2) is 24.0 Å². The summed E-state index contributed by atoms with van der Waals surface area (Å²) in [4.78, 5) is 9.10. The summed E-state index contributed by atoms with van der Waals surface area (Å²) in [7, 11) is 0. The maximum Gasteiger partial charge on any atom is 0.132 e. The van der Waals surface area contributed by atoms with E-state index in [1.54, 1.807) is 5.57 Å². The van der Waals surface area contributed by atoms with E-state index in [0.29, 0.717) is 5.92 Å². The molecule has 0 fully saturated rings. The maximum atomic E-state index is 4.55. The van der Waals surface area contributed by atoms with Gasteiger partial charge in [-0.05, 0) is 37.2 Å². The summed E-state index contributed by atoms with van der Waals surface area (Å²) in [5.41, 5.74) is 2.78. The molecule has 2 heteroatoms. The lowest BCUT2D eigenvalue weighted by Crippen LogP contribution is -2.09. The number of hydrogen-bond acceptors (Lipinski definition) is 2. The molecule has 0 aliphatic carbocycles. The Balaban J connectivity index is 2.84. The summed E-state index contributed by atoms with van der Waals surface area (Å²) < 4.78 is 0. The van der Waals surface area contributed by atoms with Gasteiger partial charge in [0.25, 0.3) is 0 Å². The van der Waals surface area contributed by atoms with Crippen molar-refractivity contribution >= 4 is 0 Å². The van der Waals surface area contributed by atoms with Gasteiger partial charge in [0, 0.05) is 18.8 Å². The Kier molecular flexibility index (Phi) is 8.96. The summed E-state index contributed by atoms with van der Waals surface area (Å²) >= 11 is 0. The zero-order valence-corrected chi connectivity index (χ0v) is 14.4. The molecule has 0 N–H and O–H groups in total. The first-order valence-corrected chi connectivity index (χ1v) is 8.73. The van der Waals surface area contributed by atoms with Crippen molar-refractivity contribution in [3.05, 3.63) is 35.4 Å². The van der Waals surface area contributed by atoms with Crippen LogP contribution in [-0.2, 0) is 12.8 Å². The standard InChI is InChI=1S/C19H32N2/c1-5-9-12-18(17(10-6-2)11-7-3)13-19-20-14-16(8-4)15-21-19/h12,14-15,17H,5-11,13H2,1-4H3/b18-12-. The van der Waals surface area contributed by atoms with Gasteiger partial charge in [0.2, 0.25) is 0 Å². The highest BCUT2D eigenvalue weighted by molar-refractivity contribution is 5.15. The lowest BCUT2D eigenvalue weighted by molar-refractivity contribution is 0.491.